The minimum Gasteiger partial charge on any atom is -0.497 e. The number of carboxylic acids is 1. The van der Waals surface area contributed by atoms with Gasteiger partial charge in [-0.15, -0.1) is 22.7 Å². The lowest BCUT2D eigenvalue weighted by Gasteiger charge is -2.27. The van der Waals surface area contributed by atoms with Crippen molar-refractivity contribution in [2.75, 3.05) is 7.11 Å². The van der Waals surface area contributed by atoms with Crippen molar-refractivity contribution in [1.82, 2.24) is 4.90 Å². The molecule has 0 aliphatic carbocycles. The molecule has 1 aliphatic heterocycles. The summed E-state index contributed by atoms with van der Waals surface area (Å²) in [5, 5.41) is 12.4. The molecule has 2 aromatic carbocycles. The zero-order chi connectivity index (χ0) is 27.5. The third-order valence-electron chi connectivity index (χ3n) is 6.82. The molecule has 4 unspecified atom stereocenters. The number of ketones is 1. The molecule has 1 aliphatic rings. The van der Waals surface area contributed by atoms with Gasteiger partial charge >= 0.3 is 5.97 Å². The van der Waals surface area contributed by atoms with Gasteiger partial charge in [0.25, 0.3) is 5.91 Å². The maximum Gasteiger partial charge on any atom is 0.327 e. The highest BCUT2D eigenvalue weighted by Gasteiger charge is 2.56. The van der Waals surface area contributed by atoms with Crippen molar-refractivity contribution in [3.05, 3.63) is 116 Å². The zero-order valence-corrected chi connectivity index (χ0v) is 23.2. The van der Waals surface area contributed by atoms with Crippen LogP contribution in [0.3, 0.4) is 0 Å². The molecule has 39 heavy (non-hydrogen) atoms. The van der Waals surface area contributed by atoms with E-state index in [1.54, 1.807) is 60.0 Å². The maximum atomic E-state index is 14.2. The van der Waals surface area contributed by atoms with Crippen LogP contribution in [0, 0.1) is 5.92 Å². The Labute approximate surface area is 238 Å². The Morgan fingerprint density at radius 3 is 2.41 bits per heavy atom. The number of benzene rings is 2. The van der Waals surface area contributed by atoms with E-state index in [9.17, 15) is 19.5 Å². The van der Waals surface area contributed by atoms with Crippen LogP contribution >= 0.6 is 34.3 Å². The number of methoxy groups -OCH3 is 1. The molecule has 6 nitrogen and oxygen atoms in total. The van der Waals surface area contributed by atoms with E-state index in [1.165, 1.54) is 23.3 Å². The molecule has 0 bridgehead atoms. The van der Waals surface area contributed by atoms with Crippen molar-refractivity contribution in [2.24, 2.45) is 5.92 Å². The third-order valence-corrected chi connectivity index (χ3v) is 8.92. The van der Waals surface area contributed by atoms with Gasteiger partial charge in [-0.1, -0.05) is 72.3 Å². The Morgan fingerprint density at radius 1 is 0.974 bits per heavy atom. The number of hydrogen-bond donors (Lipinski definition) is 1. The molecule has 1 saturated heterocycles. The minimum atomic E-state index is -1.30. The highest BCUT2D eigenvalue weighted by Crippen LogP contribution is 2.47. The SMILES string of the molecule is COc1cccc(C2C(C(=O)c3ccc(Cl)s3)C(C=Cc3ccccc3)N(C(=O)c3cccs3)C2C(=O)O)c1. The smallest absolute Gasteiger partial charge is 0.327 e. The number of likely N-dealkylation sites (tertiary alicyclic amines) is 1. The van der Waals surface area contributed by atoms with Gasteiger partial charge in [-0.05, 0) is 46.8 Å². The molecule has 4 aromatic rings. The monoisotopic (exact) mass is 577 g/mol. The molecule has 3 heterocycles. The summed E-state index contributed by atoms with van der Waals surface area (Å²) in [6, 6.07) is 21.1. The van der Waals surface area contributed by atoms with Gasteiger partial charge in [0.05, 0.1) is 33.2 Å². The molecule has 1 fully saturated rings. The van der Waals surface area contributed by atoms with E-state index >= 15 is 0 Å². The summed E-state index contributed by atoms with van der Waals surface area (Å²) in [6.45, 7) is 0. The molecule has 1 N–H and O–H groups in total. The Balaban J connectivity index is 1.72. The molecule has 4 atom stereocenters. The summed E-state index contributed by atoms with van der Waals surface area (Å²) in [4.78, 5) is 43.3. The number of ether oxygens (including phenoxy) is 1. The molecular weight excluding hydrogens is 554 g/mol. The van der Waals surface area contributed by atoms with E-state index in [4.69, 9.17) is 16.3 Å². The van der Waals surface area contributed by atoms with E-state index in [1.807, 2.05) is 36.4 Å². The van der Waals surface area contributed by atoms with Crippen LogP contribution in [-0.2, 0) is 4.79 Å². The van der Waals surface area contributed by atoms with Crippen molar-refractivity contribution >= 4 is 58.0 Å². The zero-order valence-electron chi connectivity index (χ0n) is 20.8. The van der Waals surface area contributed by atoms with E-state index in [0.29, 0.717) is 25.4 Å². The average molecular weight is 578 g/mol. The Kier molecular flexibility index (Phi) is 7.97. The number of rotatable bonds is 8. The van der Waals surface area contributed by atoms with Crippen LogP contribution in [-0.4, -0.2) is 46.9 Å². The quantitative estimate of drug-likeness (QED) is 0.234. The van der Waals surface area contributed by atoms with Gasteiger partial charge in [-0.3, -0.25) is 9.59 Å². The van der Waals surface area contributed by atoms with Gasteiger partial charge < -0.3 is 14.7 Å². The van der Waals surface area contributed by atoms with Crippen LogP contribution in [0.4, 0.5) is 0 Å². The molecule has 9 heteroatoms. The predicted molar refractivity (Wildman–Crippen MR) is 154 cm³/mol. The van der Waals surface area contributed by atoms with Crippen molar-refractivity contribution in [3.63, 3.8) is 0 Å². The van der Waals surface area contributed by atoms with Gasteiger partial charge in [0, 0.05) is 5.92 Å². The minimum absolute atomic E-state index is 0.268. The summed E-state index contributed by atoms with van der Waals surface area (Å²) in [5.41, 5.74) is 1.46. The number of amides is 1. The second-order valence-corrected chi connectivity index (χ2v) is 11.7. The maximum absolute atomic E-state index is 14.2. The van der Waals surface area contributed by atoms with Crippen LogP contribution < -0.4 is 4.74 Å². The lowest BCUT2D eigenvalue weighted by atomic mass is 9.78. The van der Waals surface area contributed by atoms with E-state index < -0.39 is 35.8 Å². The molecule has 1 amide bonds. The largest absolute Gasteiger partial charge is 0.497 e. The lowest BCUT2D eigenvalue weighted by molar-refractivity contribution is -0.142. The number of hydrogen-bond acceptors (Lipinski definition) is 6. The van der Waals surface area contributed by atoms with Crippen molar-refractivity contribution in [3.8, 4) is 5.75 Å². The highest BCUT2D eigenvalue weighted by molar-refractivity contribution is 7.18. The van der Waals surface area contributed by atoms with E-state index in [2.05, 4.69) is 0 Å². The van der Waals surface area contributed by atoms with Crippen LogP contribution in [0.1, 0.15) is 36.4 Å². The normalized spacial score (nSPS) is 20.8. The Hall–Kier alpha value is -3.72. The fourth-order valence-corrected chi connectivity index (χ4v) is 6.85. The first-order valence-corrected chi connectivity index (χ1v) is 14.2. The van der Waals surface area contributed by atoms with Gasteiger partial charge in [0.15, 0.2) is 5.78 Å². The van der Waals surface area contributed by atoms with Crippen LogP contribution in [0.15, 0.2) is 90.3 Å². The van der Waals surface area contributed by atoms with Crippen molar-refractivity contribution < 1.29 is 24.2 Å². The number of carbonyl (C=O) groups excluding carboxylic acids is 2. The molecule has 2 aromatic heterocycles. The number of thiophene rings is 2. The highest BCUT2D eigenvalue weighted by atomic mass is 35.5. The van der Waals surface area contributed by atoms with Crippen LogP contribution in [0.25, 0.3) is 6.08 Å². The number of carbonyl (C=O) groups is 3. The number of nitrogens with zero attached hydrogens (tertiary/aromatic N) is 1. The first-order chi connectivity index (χ1) is 18.9. The summed E-state index contributed by atoms with van der Waals surface area (Å²) < 4.78 is 5.87. The van der Waals surface area contributed by atoms with Crippen LogP contribution in [0.2, 0.25) is 4.34 Å². The lowest BCUT2D eigenvalue weighted by Crippen LogP contribution is -2.46. The summed E-state index contributed by atoms with van der Waals surface area (Å²) in [6.07, 6.45) is 3.60. The summed E-state index contributed by atoms with van der Waals surface area (Å²) in [7, 11) is 1.52. The average Bonchev–Trinajstić information content (AvgIpc) is 3.71. The fraction of sp³-hybridized carbons (Fsp3) is 0.167. The van der Waals surface area contributed by atoms with Crippen molar-refractivity contribution in [1.29, 1.82) is 0 Å². The molecule has 0 spiro atoms. The van der Waals surface area contributed by atoms with Gasteiger partial charge in [-0.25, -0.2) is 4.79 Å². The number of carboxylic acid groups (broad SMARTS) is 1. The first-order valence-electron chi connectivity index (χ1n) is 12.1. The van der Waals surface area contributed by atoms with E-state index in [0.717, 1.165) is 16.9 Å². The number of halogens is 1. The molecule has 5 rings (SSSR count). The van der Waals surface area contributed by atoms with Gasteiger partial charge in [-0.2, -0.15) is 0 Å². The topological polar surface area (TPSA) is 83.9 Å². The Bertz CT molecular complexity index is 1520. The summed E-state index contributed by atoms with van der Waals surface area (Å²) in [5.74, 6) is -3.11. The van der Waals surface area contributed by atoms with Crippen LogP contribution in [0.5, 0.6) is 5.75 Å². The molecule has 0 saturated carbocycles. The predicted octanol–water partition coefficient (Wildman–Crippen LogP) is 6.75. The summed E-state index contributed by atoms with van der Waals surface area (Å²) >= 11 is 8.56. The van der Waals surface area contributed by atoms with Crippen molar-refractivity contribution in [2.45, 2.75) is 18.0 Å². The van der Waals surface area contributed by atoms with E-state index in [-0.39, 0.29) is 5.78 Å². The second kappa shape index (κ2) is 11.6. The molecule has 198 valence electrons. The molecule has 0 radical (unpaired) electrons. The second-order valence-electron chi connectivity index (χ2n) is 9.03. The first kappa shape index (κ1) is 26.9. The number of aliphatic carboxylic acids is 1. The van der Waals surface area contributed by atoms with Gasteiger partial charge in [0.1, 0.15) is 11.8 Å². The molecular formula is C30H24ClNO5S2. The Morgan fingerprint density at radius 2 is 1.77 bits per heavy atom. The van der Waals surface area contributed by atoms with Gasteiger partial charge in [0.2, 0.25) is 0 Å². The fourth-order valence-electron chi connectivity index (χ4n) is 5.16. The number of Topliss-reactive ketones (excluding diaryl/α,β-unsaturated/α-hetero) is 1. The third kappa shape index (κ3) is 5.41. The standard InChI is InChI=1S/C30H24ClNO5S2/c1-37-20-10-5-9-19(17-20)25-26(28(33)22-14-15-24(31)39-22)21(13-12-18-7-3-2-4-8-18)32(27(25)30(35)36)29(34)23-11-6-16-38-23/h2-17,21,25-27H,1H3,(H,35,36).